The van der Waals surface area contributed by atoms with Gasteiger partial charge in [0.15, 0.2) is 0 Å². The van der Waals surface area contributed by atoms with E-state index in [1.807, 2.05) is 0 Å². The van der Waals surface area contributed by atoms with Gasteiger partial charge in [0.05, 0.1) is 11.2 Å². The summed E-state index contributed by atoms with van der Waals surface area (Å²) >= 11 is 0. The van der Waals surface area contributed by atoms with Crippen LogP contribution in [-0.4, -0.2) is 21.3 Å². The summed E-state index contributed by atoms with van der Waals surface area (Å²) in [5.74, 6) is -1.22. The standard InChI is InChI=1S/C13H13FN2O2/c14-8-3-4-10-9(7-8)11(16-15-10)13(12(17)18)5-1-2-6-13/h3-4,7H,1-2,5-6H2,(H,15,16)(H,17,18). The first-order valence-corrected chi connectivity index (χ1v) is 6.01. The number of carboxylic acid groups (broad SMARTS) is 1. The number of halogens is 1. The van der Waals surface area contributed by atoms with Crippen molar-refractivity contribution in [2.24, 2.45) is 0 Å². The lowest BCUT2D eigenvalue weighted by Crippen LogP contribution is -2.33. The third-order valence-electron chi connectivity index (χ3n) is 3.86. The molecule has 4 nitrogen and oxygen atoms in total. The van der Waals surface area contributed by atoms with Gasteiger partial charge in [-0.2, -0.15) is 5.10 Å². The van der Waals surface area contributed by atoms with Crippen LogP contribution < -0.4 is 0 Å². The number of hydrogen-bond acceptors (Lipinski definition) is 2. The molecule has 1 fully saturated rings. The van der Waals surface area contributed by atoms with Gasteiger partial charge in [0.25, 0.3) is 0 Å². The first-order valence-electron chi connectivity index (χ1n) is 6.01. The van der Waals surface area contributed by atoms with E-state index in [1.165, 1.54) is 12.1 Å². The van der Waals surface area contributed by atoms with Crippen LogP contribution in [0.4, 0.5) is 4.39 Å². The Labute approximate surface area is 103 Å². The zero-order valence-electron chi connectivity index (χ0n) is 9.74. The molecule has 0 bridgehead atoms. The minimum absolute atomic E-state index is 0.372. The third kappa shape index (κ3) is 1.43. The second kappa shape index (κ2) is 3.80. The van der Waals surface area contributed by atoms with Gasteiger partial charge in [0.1, 0.15) is 11.2 Å². The fourth-order valence-electron chi connectivity index (χ4n) is 2.90. The molecule has 1 aliphatic carbocycles. The average Bonchev–Trinajstić information content (AvgIpc) is 2.94. The van der Waals surface area contributed by atoms with Crippen LogP contribution in [0.1, 0.15) is 31.4 Å². The van der Waals surface area contributed by atoms with Crippen LogP contribution in [-0.2, 0) is 10.2 Å². The van der Waals surface area contributed by atoms with Crippen LogP contribution in [0.2, 0.25) is 0 Å². The number of carbonyl (C=O) groups is 1. The number of nitrogens with one attached hydrogen (secondary N) is 1. The maximum atomic E-state index is 13.3. The van der Waals surface area contributed by atoms with Crippen LogP contribution in [0.25, 0.3) is 10.9 Å². The monoisotopic (exact) mass is 248 g/mol. The number of aromatic nitrogens is 2. The van der Waals surface area contributed by atoms with Crippen molar-refractivity contribution in [3.05, 3.63) is 29.7 Å². The van der Waals surface area contributed by atoms with Gasteiger partial charge in [-0.05, 0) is 31.0 Å². The van der Waals surface area contributed by atoms with Crippen molar-refractivity contribution in [1.29, 1.82) is 0 Å². The summed E-state index contributed by atoms with van der Waals surface area (Å²) in [6, 6.07) is 4.25. The van der Waals surface area contributed by atoms with Gasteiger partial charge in [0, 0.05) is 5.39 Å². The molecular formula is C13H13FN2O2. The van der Waals surface area contributed by atoms with Crippen molar-refractivity contribution in [1.82, 2.24) is 10.2 Å². The van der Waals surface area contributed by atoms with E-state index in [9.17, 15) is 14.3 Å². The van der Waals surface area contributed by atoms with Crippen molar-refractivity contribution in [2.75, 3.05) is 0 Å². The summed E-state index contributed by atoms with van der Waals surface area (Å²) in [6.45, 7) is 0. The number of fused-ring (bicyclic) bond motifs is 1. The smallest absolute Gasteiger partial charge is 0.315 e. The van der Waals surface area contributed by atoms with Crippen LogP contribution >= 0.6 is 0 Å². The molecular weight excluding hydrogens is 235 g/mol. The van der Waals surface area contributed by atoms with Crippen LogP contribution in [0.3, 0.4) is 0 Å². The summed E-state index contributed by atoms with van der Waals surface area (Å²) in [5, 5.41) is 17.0. The molecule has 1 aliphatic rings. The van der Waals surface area contributed by atoms with E-state index in [0.717, 1.165) is 12.8 Å². The number of carboxylic acids is 1. The van der Waals surface area contributed by atoms with E-state index in [0.29, 0.717) is 29.4 Å². The number of aromatic amines is 1. The van der Waals surface area contributed by atoms with Crippen molar-refractivity contribution in [3.63, 3.8) is 0 Å². The normalized spacial score (nSPS) is 18.3. The highest BCUT2D eigenvalue weighted by Gasteiger charge is 2.45. The topological polar surface area (TPSA) is 66.0 Å². The quantitative estimate of drug-likeness (QED) is 0.858. The van der Waals surface area contributed by atoms with Gasteiger partial charge in [-0.25, -0.2) is 4.39 Å². The van der Waals surface area contributed by atoms with E-state index >= 15 is 0 Å². The maximum absolute atomic E-state index is 13.3. The van der Waals surface area contributed by atoms with E-state index in [1.54, 1.807) is 6.07 Å². The molecule has 18 heavy (non-hydrogen) atoms. The Morgan fingerprint density at radius 2 is 2.11 bits per heavy atom. The van der Waals surface area contributed by atoms with Crippen LogP contribution in [0.5, 0.6) is 0 Å². The molecule has 3 rings (SSSR count). The minimum Gasteiger partial charge on any atom is -0.481 e. The van der Waals surface area contributed by atoms with Gasteiger partial charge >= 0.3 is 5.97 Å². The summed E-state index contributed by atoms with van der Waals surface area (Å²) in [6.07, 6.45) is 2.91. The molecule has 5 heteroatoms. The summed E-state index contributed by atoms with van der Waals surface area (Å²) in [5.41, 5.74) is 0.226. The summed E-state index contributed by atoms with van der Waals surface area (Å²) < 4.78 is 13.3. The number of nitrogens with zero attached hydrogens (tertiary/aromatic N) is 1. The van der Waals surface area contributed by atoms with Gasteiger partial charge < -0.3 is 5.11 Å². The zero-order valence-corrected chi connectivity index (χ0v) is 9.74. The van der Waals surface area contributed by atoms with Gasteiger partial charge in [-0.3, -0.25) is 9.89 Å². The van der Waals surface area contributed by atoms with Gasteiger partial charge in [-0.1, -0.05) is 12.8 Å². The highest BCUT2D eigenvalue weighted by molar-refractivity contribution is 5.90. The molecule has 2 N–H and O–H groups in total. The average molecular weight is 248 g/mol. The predicted molar refractivity (Wildman–Crippen MR) is 63.8 cm³/mol. The van der Waals surface area contributed by atoms with Crippen molar-refractivity contribution in [2.45, 2.75) is 31.1 Å². The molecule has 0 spiro atoms. The summed E-state index contributed by atoms with van der Waals surface area (Å²) in [4.78, 5) is 11.6. The Morgan fingerprint density at radius 1 is 1.39 bits per heavy atom. The third-order valence-corrected chi connectivity index (χ3v) is 3.86. The summed E-state index contributed by atoms with van der Waals surface area (Å²) in [7, 11) is 0. The van der Waals surface area contributed by atoms with Gasteiger partial charge in [-0.15, -0.1) is 0 Å². The minimum atomic E-state index is -0.928. The Morgan fingerprint density at radius 3 is 2.78 bits per heavy atom. The number of hydrogen-bond donors (Lipinski definition) is 2. The Balaban J connectivity index is 2.24. The zero-order chi connectivity index (χ0) is 12.8. The fourth-order valence-corrected chi connectivity index (χ4v) is 2.90. The Hall–Kier alpha value is -1.91. The molecule has 1 heterocycles. The molecule has 0 radical (unpaired) electrons. The Kier molecular flexibility index (Phi) is 2.36. The molecule has 2 aromatic rings. The molecule has 1 saturated carbocycles. The predicted octanol–water partition coefficient (Wildman–Crippen LogP) is 2.60. The SMILES string of the molecule is O=C(O)C1(c2[nH]nc3ccc(F)cc23)CCCC1. The molecule has 1 aromatic heterocycles. The van der Waals surface area contributed by atoms with Crippen molar-refractivity contribution >= 4 is 16.9 Å². The second-order valence-corrected chi connectivity index (χ2v) is 4.85. The van der Waals surface area contributed by atoms with Crippen LogP contribution in [0, 0.1) is 5.82 Å². The molecule has 0 saturated heterocycles. The molecule has 94 valence electrons. The van der Waals surface area contributed by atoms with E-state index < -0.39 is 11.4 Å². The lowest BCUT2D eigenvalue weighted by Gasteiger charge is -2.22. The first-order chi connectivity index (χ1) is 8.63. The number of H-pyrrole nitrogens is 1. The lowest BCUT2D eigenvalue weighted by atomic mass is 9.81. The largest absolute Gasteiger partial charge is 0.481 e. The fraction of sp³-hybridized carbons (Fsp3) is 0.385. The molecule has 0 aliphatic heterocycles. The molecule has 0 amide bonds. The van der Waals surface area contributed by atoms with E-state index in [4.69, 9.17) is 0 Å². The number of aliphatic carboxylic acids is 1. The molecule has 1 aromatic carbocycles. The molecule has 0 unspecified atom stereocenters. The van der Waals surface area contributed by atoms with Gasteiger partial charge in [0.2, 0.25) is 0 Å². The Bertz CT molecular complexity index is 614. The first kappa shape index (κ1) is 11.2. The van der Waals surface area contributed by atoms with Crippen molar-refractivity contribution in [3.8, 4) is 0 Å². The molecule has 0 atom stereocenters. The maximum Gasteiger partial charge on any atom is 0.315 e. The second-order valence-electron chi connectivity index (χ2n) is 4.85. The van der Waals surface area contributed by atoms with Crippen LogP contribution in [0.15, 0.2) is 18.2 Å². The van der Waals surface area contributed by atoms with E-state index in [2.05, 4.69) is 10.2 Å². The highest BCUT2D eigenvalue weighted by Crippen LogP contribution is 2.43. The van der Waals surface area contributed by atoms with Crippen molar-refractivity contribution < 1.29 is 14.3 Å². The lowest BCUT2D eigenvalue weighted by molar-refractivity contribution is -0.143. The number of benzene rings is 1. The van der Waals surface area contributed by atoms with E-state index in [-0.39, 0.29) is 5.82 Å². The highest BCUT2D eigenvalue weighted by atomic mass is 19.1. The number of rotatable bonds is 2.